The van der Waals surface area contributed by atoms with Crippen molar-refractivity contribution >= 4 is 11.7 Å². The fourth-order valence-corrected chi connectivity index (χ4v) is 3.28. The van der Waals surface area contributed by atoms with Crippen molar-refractivity contribution in [3.8, 4) is 11.1 Å². The number of likely N-dealkylation sites (tertiary alicyclic amines) is 1. The average molecular weight is 364 g/mol. The van der Waals surface area contributed by atoms with Gasteiger partial charge in [0, 0.05) is 18.5 Å². The lowest BCUT2D eigenvalue weighted by Crippen LogP contribution is -2.37. The molecule has 1 aliphatic heterocycles. The largest absolute Gasteiger partial charge is 0.378 e. The molecule has 1 saturated heterocycles. The predicted octanol–water partition coefficient (Wildman–Crippen LogP) is 3.17. The number of nitrogens with zero attached hydrogens (tertiary/aromatic N) is 3. The lowest BCUT2D eigenvalue weighted by atomic mass is 10.0. The summed E-state index contributed by atoms with van der Waals surface area (Å²) < 4.78 is 5.11. The van der Waals surface area contributed by atoms with Gasteiger partial charge in [0.2, 0.25) is 0 Å². The van der Waals surface area contributed by atoms with Gasteiger partial charge in [0.1, 0.15) is 0 Å². The predicted molar refractivity (Wildman–Crippen MR) is 100 cm³/mol. The summed E-state index contributed by atoms with van der Waals surface area (Å²) in [5.41, 5.74) is 1.37. The van der Waals surface area contributed by atoms with E-state index in [0.717, 1.165) is 16.8 Å². The highest BCUT2D eigenvalue weighted by Crippen LogP contribution is 2.32. The number of benzene rings is 2. The number of para-hydroxylation sites is 1. The van der Waals surface area contributed by atoms with E-state index in [1.165, 1.54) is 0 Å². The number of urea groups is 1. The van der Waals surface area contributed by atoms with Crippen molar-refractivity contribution in [2.45, 2.75) is 18.9 Å². The van der Waals surface area contributed by atoms with E-state index >= 15 is 0 Å². The van der Waals surface area contributed by atoms with Crippen molar-refractivity contribution in [3.63, 3.8) is 0 Å². The minimum Gasteiger partial charge on any atom is -0.378 e. The Morgan fingerprint density at radius 2 is 1.93 bits per heavy atom. The first-order valence-electron chi connectivity index (χ1n) is 8.79. The number of carbonyl (C=O) groups excluding carboxylic acids is 1. The van der Waals surface area contributed by atoms with E-state index in [0.29, 0.717) is 18.8 Å². The number of hydrogen-bond acceptors (Lipinski definition) is 5. The molecule has 0 aliphatic carbocycles. The van der Waals surface area contributed by atoms with Gasteiger partial charge < -0.3 is 19.8 Å². The van der Waals surface area contributed by atoms with Crippen LogP contribution in [0.4, 0.5) is 10.5 Å². The first kappa shape index (κ1) is 17.2. The number of β-amino-alcohol motifs (C(OH)–C–C–N with tert-alkyl or cyclic N) is 1. The van der Waals surface area contributed by atoms with Gasteiger partial charge in [0.05, 0.1) is 12.2 Å². The van der Waals surface area contributed by atoms with Crippen LogP contribution in [0.2, 0.25) is 0 Å². The molecule has 138 valence electrons. The quantitative estimate of drug-likeness (QED) is 0.745. The SMILES string of the molecule is Cc1noc(C2(O)CCN(C(=O)Nc3ccccc3-c3ccccc3)C2)n1. The van der Waals surface area contributed by atoms with Gasteiger partial charge in [-0.3, -0.25) is 0 Å². The molecular formula is C20H20N4O3. The van der Waals surface area contributed by atoms with Crippen molar-refractivity contribution in [2.24, 2.45) is 0 Å². The van der Waals surface area contributed by atoms with Crippen LogP contribution in [0.25, 0.3) is 11.1 Å². The molecule has 1 fully saturated rings. The van der Waals surface area contributed by atoms with Gasteiger partial charge in [-0.15, -0.1) is 0 Å². The molecule has 0 spiro atoms. The van der Waals surface area contributed by atoms with Gasteiger partial charge in [0.25, 0.3) is 5.89 Å². The number of anilines is 1. The molecule has 0 bridgehead atoms. The Morgan fingerprint density at radius 1 is 1.19 bits per heavy atom. The first-order chi connectivity index (χ1) is 13.0. The van der Waals surface area contributed by atoms with E-state index in [2.05, 4.69) is 15.5 Å². The molecule has 0 saturated carbocycles. The first-order valence-corrected chi connectivity index (χ1v) is 8.79. The minimum absolute atomic E-state index is 0.105. The fourth-order valence-electron chi connectivity index (χ4n) is 3.28. The molecule has 1 unspecified atom stereocenters. The second-order valence-corrected chi connectivity index (χ2v) is 6.69. The van der Waals surface area contributed by atoms with E-state index in [9.17, 15) is 9.90 Å². The zero-order chi connectivity index (χ0) is 18.9. The smallest absolute Gasteiger partial charge is 0.321 e. The molecule has 2 heterocycles. The lowest BCUT2D eigenvalue weighted by Gasteiger charge is -2.21. The van der Waals surface area contributed by atoms with Crippen molar-refractivity contribution in [3.05, 3.63) is 66.3 Å². The third kappa shape index (κ3) is 3.41. The Hall–Kier alpha value is -3.19. The third-order valence-corrected chi connectivity index (χ3v) is 4.71. The summed E-state index contributed by atoms with van der Waals surface area (Å²) in [5.74, 6) is 0.609. The van der Waals surface area contributed by atoms with E-state index in [4.69, 9.17) is 4.52 Å². The van der Waals surface area contributed by atoms with E-state index in [1.807, 2.05) is 54.6 Å². The molecule has 2 aromatic carbocycles. The molecule has 1 aliphatic rings. The topological polar surface area (TPSA) is 91.5 Å². The number of hydrogen-bond donors (Lipinski definition) is 2. The monoisotopic (exact) mass is 364 g/mol. The van der Waals surface area contributed by atoms with Gasteiger partial charge in [0.15, 0.2) is 11.4 Å². The summed E-state index contributed by atoms with van der Waals surface area (Å²) in [6, 6.07) is 17.2. The highest BCUT2D eigenvalue weighted by atomic mass is 16.5. The molecule has 2 amide bonds. The molecule has 27 heavy (non-hydrogen) atoms. The number of rotatable bonds is 3. The summed E-state index contributed by atoms with van der Waals surface area (Å²) in [6.07, 6.45) is 0.350. The zero-order valence-electron chi connectivity index (χ0n) is 14.9. The second kappa shape index (κ2) is 6.85. The number of aliphatic hydroxyl groups is 1. The number of amides is 2. The van der Waals surface area contributed by atoms with E-state index in [-0.39, 0.29) is 18.5 Å². The zero-order valence-corrected chi connectivity index (χ0v) is 14.9. The molecule has 7 heteroatoms. The Kier molecular flexibility index (Phi) is 4.37. The molecule has 1 atom stereocenters. The molecule has 2 N–H and O–H groups in total. The number of nitrogens with one attached hydrogen (secondary N) is 1. The normalized spacial score (nSPS) is 19.3. The van der Waals surface area contributed by atoms with Crippen LogP contribution in [-0.4, -0.2) is 39.3 Å². The fraction of sp³-hybridized carbons (Fsp3) is 0.250. The van der Waals surface area contributed by atoms with Gasteiger partial charge in [-0.05, 0) is 18.6 Å². The lowest BCUT2D eigenvalue weighted by molar-refractivity contribution is 0.0171. The standard InChI is InChI=1S/C20H20N4O3/c1-14-21-18(27-23-14)20(26)11-12-24(13-20)19(25)22-17-10-6-5-9-16(17)15-7-3-2-4-8-15/h2-10,26H,11-13H2,1H3,(H,22,25). The molecule has 7 nitrogen and oxygen atoms in total. The van der Waals surface area contributed by atoms with Crippen LogP contribution in [0.3, 0.4) is 0 Å². The minimum atomic E-state index is -1.31. The molecule has 4 rings (SSSR count). The van der Waals surface area contributed by atoms with Crippen LogP contribution in [0.5, 0.6) is 0 Å². The molecular weight excluding hydrogens is 344 g/mol. The summed E-state index contributed by atoms with van der Waals surface area (Å²) in [4.78, 5) is 18.4. The van der Waals surface area contributed by atoms with Gasteiger partial charge in [-0.25, -0.2) is 4.79 Å². The van der Waals surface area contributed by atoms with Crippen LogP contribution >= 0.6 is 0 Å². The Bertz CT molecular complexity index is 957. The Morgan fingerprint density at radius 3 is 2.67 bits per heavy atom. The maximum atomic E-state index is 12.8. The maximum absolute atomic E-state index is 12.8. The maximum Gasteiger partial charge on any atom is 0.321 e. The van der Waals surface area contributed by atoms with E-state index < -0.39 is 5.60 Å². The van der Waals surface area contributed by atoms with Crippen molar-refractivity contribution in [1.82, 2.24) is 15.0 Å². The van der Waals surface area contributed by atoms with Crippen molar-refractivity contribution < 1.29 is 14.4 Å². The number of carbonyl (C=O) groups is 1. The summed E-state index contributed by atoms with van der Waals surface area (Å²) >= 11 is 0. The Balaban J connectivity index is 1.51. The van der Waals surface area contributed by atoms with Crippen molar-refractivity contribution in [1.29, 1.82) is 0 Å². The second-order valence-electron chi connectivity index (χ2n) is 6.69. The van der Waals surface area contributed by atoms with Crippen LogP contribution in [0, 0.1) is 6.92 Å². The van der Waals surface area contributed by atoms with Crippen LogP contribution < -0.4 is 5.32 Å². The van der Waals surface area contributed by atoms with Crippen molar-refractivity contribution in [2.75, 3.05) is 18.4 Å². The van der Waals surface area contributed by atoms with Gasteiger partial charge in [-0.1, -0.05) is 53.7 Å². The summed E-state index contributed by atoms with van der Waals surface area (Å²) in [6.45, 7) is 2.20. The van der Waals surface area contributed by atoms with E-state index in [1.54, 1.807) is 11.8 Å². The summed E-state index contributed by atoms with van der Waals surface area (Å²) in [7, 11) is 0. The van der Waals surface area contributed by atoms with Crippen LogP contribution in [0.15, 0.2) is 59.1 Å². The molecule has 0 radical (unpaired) electrons. The number of aromatic nitrogens is 2. The third-order valence-electron chi connectivity index (χ3n) is 4.71. The molecule has 3 aromatic rings. The average Bonchev–Trinajstić information content (AvgIpc) is 3.30. The number of aryl methyl sites for hydroxylation is 1. The van der Waals surface area contributed by atoms with Gasteiger partial charge >= 0.3 is 6.03 Å². The van der Waals surface area contributed by atoms with Crippen LogP contribution in [0.1, 0.15) is 18.1 Å². The highest BCUT2D eigenvalue weighted by molar-refractivity contribution is 5.94. The van der Waals surface area contributed by atoms with Crippen LogP contribution in [-0.2, 0) is 5.60 Å². The van der Waals surface area contributed by atoms with Gasteiger partial charge in [-0.2, -0.15) is 4.98 Å². The summed E-state index contributed by atoms with van der Waals surface area (Å²) in [5, 5.41) is 17.5. The Labute approximate surface area is 156 Å². The molecule has 1 aromatic heterocycles. The highest BCUT2D eigenvalue weighted by Gasteiger charge is 2.44.